The summed E-state index contributed by atoms with van der Waals surface area (Å²) in [5.74, 6) is 0.247. The maximum absolute atomic E-state index is 13.5. The highest BCUT2D eigenvalue weighted by molar-refractivity contribution is 9.10. The van der Waals surface area contributed by atoms with Crippen LogP contribution in [0, 0.1) is 11.7 Å². The molecule has 1 rings (SSSR count). The number of hydrogen-bond donors (Lipinski definition) is 2. The highest BCUT2D eigenvalue weighted by atomic mass is 79.9. The molecule has 1 atom stereocenters. The zero-order valence-corrected chi connectivity index (χ0v) is 11.2. The van der Waals surface area contributed by atoms with Crippen molar-refractivity contribution in [2.24, 2.45) is 11.7 Å². The topological polar surface area (TPSA) is 38.0 Å². The molecule has 90 valence electrons. The molecule has 0 bridgehead atoms. The van der Waals surface area contributed by atoms with Gasteiger partial charge in [0.05, 0.1) is 0 Å². The smallest absolute Gasteiger partial charge is 0.128 e. The van der Waals surface area contributed by atoms with Crippen LogP contribution in [0.15, 0.2) is 22.7 Å². The minimum absolute atomic E-state index is 0.193. The lowest BCUT2D eigenvalue weighted by Crippen LogP contribution is -2.39. The van der Waals surface area contributed by atoms with Crippen LogP contribution in [-0.4, -0.2) is 12.6 Å². The molecule has 0 fully saturated rings. The molecule has 1 aromatic carbocycles. The number of hydrogen-bond acceptors (Lipinski definition) is 2. The number of rotatable bonds is 5. The summed E-state index contributed by atoms with van der Waals surface area (Å²) in [4.78, 5) is 0. The first-order valence-corrected chi connectivity index (χ1v) is 6.22. The van der Waals surface area contributed by atoms with E-state index in [4.69, 9.17) is 5.73 Å². The Morgan fingerprint density at radius 3 is 2.62 bits per heavy atom. The summed E-state index contributed by atoms with van der Waals surface area (Å²) in [5, 5.41) is 3.27. The molecule has 0 saturated heterocycles. The maximum atomic E-state index is 13.5. The SMILES string of the molecule is CC(C)C(CN)NCc1c(F)cccc1Br. The van der Waals surface area contributed by atoms with Crippen LogP contribution in [-0.2, 0) is 6.54 Å². The van der Waals surface area contributed by atoms with Crippen molar-refractivity contribution >= 4 is 15.9 Å². The van der Waals surface area contributed by atoms with E-state index in [-0.39, 0.29) is 11.9 Å². The Morgan fingerprint density at radius 1 is 1.44 bits per heavy atom. The van der Waals surface area contributed by atoms with Gasteiger partial charge in [0.25, 0.3) is 0 Å². The Labute approximate surface area is 105 Å². The Bertz CT molecular complexity index is 322. The molecule has 0 heterocycles. The minimum atomic E-state index is -0.193. The first-order chi connectivity index (χ1) is 7.56. The third-order valence-electron chi connectivity index (χ3n) is 2.66. The van der Waals surface area contributed by atoms with E-state index in [9.17, 15) is 4.39 Å². The fraction of sp³-hybridized carbons (Fsp3) is 0.500. The molecule has 0 aromatic heterocycles. The van der Waals surface area contributed by atoms with E-state index in [1.807, 2.05) is 6.07 Å². The van der Waals surface area contributed by atoms with Crippen molar-refractivity contribution in [1.29, 1.82) is 0 Å². The Kier molecular flexibility index (Phi) is 5.38. The normalized spacial score (nSPS) is 13.1. The third-order valence-corrected chi connectivity index (χ3v) is 3.40. The lowest BCUT2D eigenvalue weighted by atomic mass is 10.0. The van der Waals surface area contributed by atoms with Gasteiger partial charge in [0.15, 0.2) is 0 Å². The second-order valence-corrected chi connectivity index (χ2v) is 5.02. The van der Waals surface area contributed by atoms with Gasteiger partial charge in [-0.1, -0.05) is 35.8 Å². The monoisotopic (exact) mass is 288 g/mol. The third kappa shape index (κ3) is 3.54. The fourth-order valence-corrected chi connectivity index (χ4v) is 2.01. The molecule has 3 N–H and O–H groups in total. The van der Waals surface area contributed by atoms with Crippen LogP contribution >= 0.6 is 15.9 Å². The Morgan fingerprint density at radius 2 is 2.12 bits per heavy atom. The van der Waals surface area contributed by atoms with E-state index in [1.54, 1.807) is 6.07 Å². The number of halogens is 2. The zero-order valence-electron chi connectivity index (χ0n) is 9.63. The molecular weight excluding hydrogens is 271 g/mol. The van der Waals surface area contributed by atoms with Crippen LogP contribution in [0.4, 0.5) is 4.39 Å². The molecule has 1 unspecified atom stereocenters. The molecular formula is C12H18BrFN2. The predicted octanol–water partition coefficient (Wildman–Crippen LogP) is 2.66. The lowest BCUT2D eigenvalue weighted by Gasteiger charge is -2.21. The van der Waals surface area contributed by atoms with Crippen LogP contribution < -0.4 is 11.1 Å². The Hall–Kier alpha value is -0.450. The van der Waals surface area contributed by atoms with Crippen LogP contribution in [0.5, 0.6) is 0 Å². The number of benzene rings is 1. The minimum Gasteiger partial charge on any atom is -0.329 e. The predicted molar refractivity (Wildman–Crippen MR) is 68.6 cm³/mol. The molecule has 16 heavy (non-hydrogen) atoms. The van der Waals surface area contributed by atoms with E-state index < -0.39 is 0 Å². The standard InChI is InChI=1S/C12H18BrFN2/c1-8(2)12(6-15)16-7-9-10(13)4-3-5-11(9)14/h3-5,8,12,16H,6-7,15H2,1-2H3. The van der Waals surface area contributed by atoms with Crippen molar-refractivity contribution in [3.8, 4) is 0 Å². The molecule has 0 aliphatic heterocycles. The van der Waals surface area contributed by atoms with Crippen molar-refractivity contribution in [3.05, 3.63) is 34.1 Å². The second kappa shape index (κ2) is 6.33. The van der Waals surface area contributed by atoms with Gasteiger partial charge in [-0.05, 0) is 18.1 Å². The average Bonchev–Trinajstić information content (AvgIpc) is 2.22. The van der Waals surface area contributed by atoms with Crippen molar-refractivity contribution in [3.63, 3.8) is 0 Å². The highest BCUT2D eigenvalue weighted by Gasteiger charge is 2.12. The van der Waals surface area contributed by atoms with Crippen LogP contribution in [0.25, 0.3) is 0 Å². The molecule has 0 radical (unpaired) electrons. The van der Waals surface area contributed by atoms with Crippen molar-refractivity contribution in [2.45, 2.75) is 26.4 Å². The van der Waals surface area contributed by atoms with Gasteiger partial charge in [-0.25, -0.2) is 4.39 Å². The average molecular weight is 289 g/mol. The molecule has 0 spiro atoms. The summed E-state index contributed by atoms with van der Waals surface area (Å²) in [7, 11) is 0. The summed E-state index contributed by atoms with van der Waals surface area (Å²) in [6.45, 7) is 5.25. The van der Waals surface area contributed by atoms with Gasteiger partial charge in [0.2, 0.25) is 0 Å². The van der Waals surface area contributed by atoms with Crippen LogP contribution in [0.1, 0.15) is 19.4 Å². The first-order valence-electron chi connectivity index (χ1n) is 5.42. The van der Waals surface area contributed by atoms with E-state index in [1.165, 1.54) is 6.07 Å². The zero-order chi connectivity index (χ0) is 12.1. The molecule has 0 saturated carbocycles. The molecule has 1 aromatic rings. The van der Waals surface area contributed by atoms with Crippen molar-refractivity contribution < 1.29 is 4.39 Å². The van der Waals surface area contributed by atoms with Crippen LogP contribution in [0.2, 0.25) is 0 Å². The van der Waals surface area contributed by atoms with Gasteiger partial charge in [0, 0.05) is 29.2 Å². The van der Waals surface area contributed by atoms with E-state index in [0.29, 0.717) is 24.6 Å². The van der Waals surface area contributed by atoms with Gasteiger partial charge in [0.1, 0.15) is 5.82 Å². The summed E-state index contributed by atoms with van der Waals surface area (Å²) in [5.41, 5.74) is 6.30. The van der Waals surface area contributed by atoms with Gasteiger partial charge in [-0.15, -0.1) is 0 Å². The van der Waals surface area contributed by atoms with Crippen LogP contribution in [0.3, 0.4) is 0 Å². The lowest BCUT2D eigenvalue weighted by molar-refractivity contribution is 0.401. The van der Waals surface area contributed by atoms with E-state index >= 15 is 0 Å². The summed E-state index contributed by atoms with van der Waals surface area (Å²) in [6, 6.07) is 5.21. The first kappa shape index (κ1) is 13.6. The van der Waals surface area contributed by atoms with Crippen molar-refractivity contribution in [1.82, 2.24) is 5.32 Å². The van der Waals surface area contributed by atoms with Crippen molar-refractivity contribution in [2.75, 3.05) is 6.54 Å². The number of nitrogens with two attached hydrogens (primary N) is 1. The molecule has 0 aliphatic carbocycles. The molecule has 0 amide bonds. The number of nitrogens with one attached hydrogen (secondary N) is 1. The second-order valence-electron chi connectivity index (χ2n) is 4.17. The molecule has 2 nitrogen and oxygen atoms in total. The summed E-state index contributed by atoms with van der Waals surface area (Å²) >= 11 is 3.34. The van der Waals surface area contributed by atoms with Gasteiger partial charge >= 0.3 is 0 Å². The van der Waals surface area contributed by atoms with Gasteiger partial charge in [-0.2, -0.15) is 0 Å². The van der Waals surface area contributed by atoms with E-state index in [2.05, 4.69) is 35.1 Å². The maximum Gasteiger partial charge on any atom is 0.128 e. The molecule has 4 heteroatoms. The Balaban J connectivity index is 2.67. The molecule has 0 aliphatic rings. The van der Waals surface area contributed by atoms with Gasteiger partial charge < -0.3 is 11.1 Å². The highest BCUT2D eigenvalue weighted by Crippen LogP contribution is 2.19. The largest absolute Gasteiger partial charge is 0.329 e. The van der Waals surface area contributed by atoms with Gasteiger partial charge in [-0.3, -0.25) is 0 Å². The quantitative estimate of drug-likeness (QED) is 0.874. The van der Waals surface area contributed by atoms with E-state index in [0.717, 1.165) is 4.47 Å². The summed E-state index contributed by atoms with van der Waals surface area (Å²) in [6.07, 6.45) is 0. The summed E-state index contributed by atoms with van der Waals surface area (Å²) < 4.78 is 14.3. The fourth-order valence-electron chi connectivity index (χ4n) is 1.53.